The minimum Gasteiger partial charge on any atom is -0.482 e. The van der Waals surface area contributed by atoms with Crippen molar-refractivity contribution < 1.29 is 9.53 Å². The number of halogens is 1. The third kappa shape index (κ3) is 4.39. The van der Waals surface area contributed by atoms with Crippen LogP contribution in [0, 0.1) is 0 Å². The normalized spacial score (nSPS) is 15.8. The summed E-state index contributed by atoms with van der Waals surface area (Å²) in [6, 6.07) is 6.25. The Labute approximate surface area is 124 Å². The summed E-state index contributed by atoms with van der Waals surface area (Å²) >= 11 is 6.19. The Morgan fingerprint density at radius 3 is 2.85 bits per heavy atom. The molecule has 4 nitrogen and oxygen atoms in total. The number of ether oxygens (including phenoxy) is 1. The van der Waals surface area contributed by atoms with Crippen molar-refractivity contribution in [2.45, 2.75) is 38.8 Å². The number of carbonyl (C=O) groups excluding carboxylic acids is 1. The predicted molar refractivity (Wildman–Crippen MR) is 80.2 cm³/mol. The number of hydrogen-bond donors (Lipinski definition) is 2. The highest BCUT2D eigenvalue weighted by molar-refractivity contribution is 6.32. The maximum atomic E-state index is 11.5. The molecular weight excluding hydrogens is 276 g/mol. The van der Waals surface area contributed by atoms with Crippen LogP contribution in [0.3, 0.4) is 0 Å². The molecule has 20 heavy (non-hydrogen) atoms. The minimum atomic E-state index is -0.0892. The summed E-state index contributed by atoms with van der Waals surface area (Å²) < 4.78 is 5.46. The van der Waals surface area contributed by atoms with E-state index in [4.69, 9.17) is 16.3 Å². The van der Waals surface area contributed by atoms with Gasteiger partial charge in [-0.05, 0) is 44.0 Å². The second-order valence-corrected chi connectivity index (χ2v) is 5.51. The van der Waals surface area contributed by atoms with Gasteiger partial charge in [-0.1, -0.05) is 24.6 Å². The van der Waals surface area contributed by atoms with Crippen LogP contribution in [0.25, 0.3) is 0 Å². The van der Waals surface area contributed by atoms with Gasteiger partial charge in [0.05, 0.1) is 5.02 Å². The van der Waals surface area contributed by atoms with Gasteiger partial charge in [-0.25, -0.2) is 0 Å². The van der Waals surface area contributed by atoms with Gasteiger partial charge in [0.25, 0.3) is 5.91 Å². The van der Waals surface area contributed by atoms with Gasteiger partial charge in [-0.15, -0.1) is 0 Å². The quantitative estimate of drug-likeness (QED) is 0.813. The lowest BCUT2D eigenvalue weighted by Crippen LogP contribution is -2.30. The van der Waals surface area contributed by atoms with E-state index in [1.54, 1.807) is 0 Å². The Hall–Kier alpha value is -1.26. The molecule has 1 fully saturated rings. The molecule has 0 aromatic heterocycles. The van der Waals surface area contributed by atoms with Crippen LogP contribution in [-0.4, -0.2) is 25.1 Å². The maximum Gasteiger partial charge on any atom is 0.258 e. The van der Waals surface area contributed by atoms with Crippen molar-refractivity contribution in [3.63, 3.8) is 0 Å². The van der Waals surface area contributed by atoms with Gasteiger partial charge in [0, 0.05) is 12.1 Å². The van der Waals surface area contributed by atoms with Crippen LogP contribution in [0.5, 0.6) is 5.75 Å². The van der Waals surface area contributed by atoms with Gasteiger partial charge in [0.2, 0.25) is 0 Å². The van der Waals surface area contributed by atoms with Gasteiger partial charge >= 0.3 is 0 Å². The fraction of sp³-hybridized carbons (Fsp3) is 0.533. The van der Waals surface area contributed by atoms with Crippen LogP contribution in [0.1, 0.15) is 38.3 Å². The van der Waals surface area contributed by atoms with Crippen molar-refractivity contribution in [2.24, 2.45) is 0 Å². The SMILES string of the molecule is CCNC(C)c1ccc(OCC(=O)NC2CC2)c(Cl)c1. The lowest BCUT2D eigenvalue weighted by Gasteiger charge is -2.14. The third-order valence-electron chi connectivity index (χ3n) is 3.27. The van der Waals surface area contributed by atoms with E-state index in [2.05, 4.69) is 24.5 Å². The zero-order chi connectivity index (χ0) is 14.5. The highest BCUT2D eigenvalue weighted by Gasteiger charge is 2.23. The average molecular weight is 297 g/mol. The first-order valence-corrected chi connectivity index (χ1v) is 7.43. The number of hydrogen-bond acceptors (Lipinski definition) is 3. The van der Waals surface area contributed by atoms with E-state index < -0.39 is 0 Å². The molecule has 0 spiro atoms. The zero-order valence-electron chi connectivity index (χ0n) is 11.9. The van der Waals surface area contributed by atoms with E-state index in [1.165, 1.54) is 0 Å². The van der Waals surface area contributed by atoms with Crippen LogP contribution >= 0.6 is 11.6 Å². The summed E-state index contributed by atoms with van der Waals surface area (Å²) in [5.41, 5.74) is 1.10. The van der Waals surface area contributed by atoms with E-state index >= 15 is 0 Å². The Bertz CT molecular complexity index is 475. The highest BCUT2D eigenvalue weighted by Crippen LogP contribution is 2.28. The molecule has 1 aliphatic rings. The van der Waals surface area contributed by atoms with E-state index in [1.807, 2.05) is 18.2 Å². The number of benzene rings is 1. The van der Waals surface area contributed by atoms with Gasteiger partial charge in [-0.3, -0.25) is 4.79 Å². The van der Waals surface area contributed by atoms with Crippen molar-refractivity contribution >= 4 is 17.5 Å². The summed E-state index contributed by atoms with van der Waals surface area (Å²) in [5, 5.41) is 6.73. The number of nitrogens with one attached hydrogen (secondary N) is 2. The summed E-state index contributed by atoms with van der Waals surface area (Å²) in [6.07, 6.45) is 2.15. The standard InChI is InChI=1S/C15H21ClN2O2/c1-3-17-10(2)11-4-7-14(13(16)8-11)20-9-15(19)18-12-5-6-12/h4,7-8,10,12,17H,3,5-6,9H2,1-2H3,(H,18,19). The lowest BCUT2D eigenvalue weighted by atomic mass is 10.1. The molecule has 1 aromatic rings. The van der Waals surface area contributed by atoms with E-state index in [-0.39, 0.29) is 18.6 Å². The molecule has 5 heteroatoms. The number of amides is 1. The van der Waals surface area contributed by atoms with Crippen LogP contribution < -0.4 is 15.4 Å². The molecule has 0 radical (unpaired) electrons. The van der Waals surface area contributed by atoms with Crippen molar-refractivity contribution in [1.29, 1.82) is 0 Å². The summed E-state index contributed by atoms with van der Waals surface area (Å²) in [5.74, 6) is 0.457. The van der Waals surface area contributed by atoms with E-state index in [9.17, 15) is 4.79 Å². The molecule has 1 amide bonds. The first-order chi connectivity index (χ1) is 9.60. The monoisotopic (exact) mass is 296 g/mol. The topological polar surface area (TPSA) is 50.4 Å². The summed E-state index contributed by atoms with van der Waals surface area (Å²) in [7, 11) is 0. The van der Waals surface area contributed by atoms with Gasteiger partial charge in [-0.2, -0.15) is 0 Å². The molecule has 1 unspecified atom stereocenters. The van der Waals surface area contributed by atoms with Crippen molar-refractivity contribution in [3.8, 4) is 5.75 Å². The van der Waals surface area contributed by atoms with Crippen LogP contribution in [0.2, 0.25) is 5.02 Å². The molecule has 2 N–H and O–H groups in total. The Balaban J connectivity index is 1.89. The minimum absolute atomic E-state index is 0.0122. The molecule has 0 bridgehead atoms. The van der Waals surface area contributed by atoms with Crippen LogP contribution in [-0.2, 0) is 4.79 Å². The molecule has 110 valence electrons. The fourth-order valence-corrected chi connectivity index (χ4v) is 2.21. The fourth-order valence-electron chi connectivity index (χ4n) is 1.97. The van der Waals surface area contributed by atoms with Crippen molar-refractivity contribution in [2.75, 3.05) is 13.2 Å². The van der Waals surface area contributed by atoms with Crippen LogP contribution in [0.15, 0.2) is 18.2 Å². The number of rotatable bonds is 7. The van der Waals surface area contributed by atoms with Crippen molar-refractivity contribution in [1.82, 2.24) is 10.6 Å². The molecule has 0 aliphatic heterocycles. The molecule has 1 atom stereocenters. The molecule has 1 saturated carbocycles. The third-order valence-corrected chi connectivity index (χ3v) is 3.56. The molecule has 0 saturated heterocycles. The second kappa shape index (κ2) is 6.95. The Morgan fingerprint density at radius 1 is 1.50 bits per heavy atom. The van der Waals surface area contributed by atoms with E-state index in [0.29, 0.717) is 16.8 Å². The van der Waals surface area contributed by atoms with E-state index in [0.717, 1.165) is 24.9 Å². The molecular formula is C15H21ClN2O2. The first kappa shape index (κ1) is 15.1. The smallest absolute Gasteiger partial charge is 0.258 e. The van der Waals surface area contributed by atoms with Gasteiger partial charge in [0.1, 0.15) is 5.75 Å². The zero-order valence-corrected chi connectivity index (χ0v) is 12.7. The Morgan fingerprint density at radius 2 is 2.25 bits per heavy atom. The molecule has 0 heterocycles. The lowest BCUT2D eigenvalue weighted by molar-refractivity contribution is -0.123. The summed E-state index contributed by atoms with van der Waals surface area (Å²) in [6.45, 7) is 5.06. The molecule has 1 aliphatic carbocycles. The molecule has 1 aromatic carbocycles. The van der Waals surface area contributed by atoms with Crippen LogP contribution in [0.4, 0.5) is 0 Å². The highest BCUT2D eigenvalue weighted by atomic mass is 35.5. The molecule has 2 rings (SSSR count). The maximum absolute atomic E-state index is 11.5. The van der Waals surface area contributed by atoms with Gasteiger partial charge < -0.3 is 15.4 Å². The number of carbonyl (C=O) groups is 1. The second-order valence-electron chi connectivity index (χ2n) is 5.10. The Kier molecular flexibility index (Phi) is 5.26. The first-order valence-electron chi connectivity index (χ1n) is 7.05. The summed E-state index contributed by atoms with van der Waals surface area (Å²) in [4.78, 5) is 11.5. The predicted octanol–water partition coefficient (Wildman–Crippen LogP) is 2.67. The average Bonchev–Trinajstić information content (AvgIpc) is 3.21. The van der Waals surface area contributed by atoms with Crippen molar-refractivity contribution in [3.05, 3.63) is 28.8 Å². The van der Waals surface area contributed by atoms with Gasteiger partial charge in [0.15, 0.2) is 6.61 Å². The largest absolute Gasteiger partial charge is 0.482 e.